The van der Waals surface area contributed by atoms with Crippen molar-refractivity contribution in [2.24, 2.45) is 5.92 Å². The summed E-state index contributed by atoms with van der Waals surface area (Å²) in [7, 11) is 4.54. The van der Waals surface area contributed by atoms with Gasteiger partial charge in [-0.25, -0.2) is 9.59 Å². The molecule has 2 N–H and O–H groups in total. The van der Waals surface area contributed by atoms with Crippen molar-refractivity contribution in [2.45, 2.75) is 82.0 Å². The molecule has 1 aliphatic carbocycles. The van der Waals surface area contributed by atoms with Crippen LogP contribution in [0.4, 0.5) is 0 Å². The number of carbonyl (C=O) groups excluding carboxylic acids is 2. The van der Waals surface area contributed by atoms with Gasteiger partial charge >= 0.3 is 11.9 Å². The molecule has 272 valence electrons. The molecule has 51 heavy (non-hydrogen) atoms. The number of nitrogens with zero attached hydrogens (tertiary/aromatic N) is 2. The van der Waals surface area contributed by atoms with Gasteiger partial charge in [0.1, 0.15) is 29.3 Å². The van der Waals surface area contributed by atoms with E-state index in [1.54, 1.807) is 66.6 Å². The topological polar surface area (TPSA) is 143 Å². The maximum Gasteiger partial charge on any atom is 0.326 e. The van der Waals surface area contributed by atoms with Gasteiger partial charge in [0.2, 0.25) is 0 Å². The predicted molar refractivity (Wildman–Crippen MR) is 191 cm³/mol. The molecular formula is C39H45ClN2O9. The standard InChI is InChI=1S/C20H20ClNO5.C19H25NO4/c1-26-13-9-12(10-14(11-13)27-2)19(23)22-17(7-8-18(22)20(24)25)15-5-3-4-6-16(15)21;1-24-15-9-5-8-14(12-15)18(21)20-16(10-11-17(20)19(22)23)13-6-3-2-4-7-13/h3-6,9-11,17-18H,7-8H2,1-2H3,(H,24,25);5,8-9,12-13,16-17H,2-4,6-7,10-11H2,1H3,(H,22,23)/t17-,18-;16?,17-/m00/s1. The number of benzene rings is 3. The van der Waals surface area contributed by atoms with Gasteiger partial charge in [-0.15, -0.1) is 0 Å². The Bertz CT molecular complexity index is 1700. The fourth-order valence-electron chi connectivity index (χ4n) is 7.73. The minimum Gasteiger partial charge on any atom is -0.497 e. The molecule has 0 bridgehead atoms. The van der Waals surface area contributed by atoms with E-state index in [4.69, 9.17) is 25.8 Å². The third-order valence-corrected chi connectivity index (χ3v) is 10.6. The van der Waals surface area contributed by atoms with E-state index in [-0.39, 0.29) is 11.9 Å². The number of carboxylic acids is 2. The smallest absolute Gasteiger partial charge is 0.326 e. The van der Waals surface area contributed by atoms with Gasteiger partial charge in [-0.3, -0.25) is 9.59 Å². The number of hydrogen-bond donors (Lipinski definition) is 2. The SMILES string of the molecule is COc1cc(OC)cc(C(=O)N2[C@H](C(=O)O)CC[C@H]2c2ccccc2Cl)c1.COc1cccc(C(=O)N2C(C3CCCCC3)CC[C@H]2C(=O)O)c1. The lowest BCUT2D eigenvalue weighted by Gasteiger charge is -2.35. The summed E-state index contributed by atoms with van der Waals surface area (Å²) in [6.45, 7) is 0. The van der Waals surface area contributed by atoms with Crippen molar-refractivity contribution in [3.05, 3.63) is 88.4 Å². The molecule has 2 saturated heterocycles. The van der Waals surface area contributed by atoms with Gasteiger partial charge in [-0.2, -0.15) is 0 Å². The van der Waals surface area contributed by atoms with Crippen LogP contribution in [0.1, 0.15) is 90.1 Å². The molecule has 2 amide bonds. The average Bonchev–Trinajstić information content (AvgIpc) is 3.81. The maximum absolute atomic E-state index is 13.3. The normalized spacial score (nSPS) is 21.7. The predicted octanol–water partition coefficient (Wildman–Crippen LogP) is 7.12. The van der Waals surface area contributed by atoms with Crippen molar-refractivity contribution in [3.63, 3.8) is 0 Å². The largest absolute Gasteiger partial charge is 0.497 e. The Morgan fingerprint density at radius 2 is 1.20 bits per heavy atom. The fourth-order valence-corrected chi connectivity index (χ4v) is 7.99. The minimum atomic E-state index is -1.03. The van der Waals surface area contributed by atoms with Gasteiger partial charge in [0.15, 0.2) is 0 Å². The third kappa shape index (κ3) is 8.41. The summed E-state index contributed by atoms with van der Waals surface area (Å²) >= 11 is 6.32. The van der Waals surface area contributed by atoms with E-state index in [1.165, 1.54) is 38.4 Å². The molecule has 3 aromatic carbocycles. The van der Waals surface area contributed by atoms with Gasteiger partial charge < -0.3 is 34.2 Å². The van der Waals surface area contributed by atoms with E-state index >= 15 is 0 Å². The summed E-state index contributed by atoms with van der Waals surface area (Å²) in [6, 6.07) is 17.0. The number of rotatable bonds is 9. The molecule has 0 radical (unpaired) electrons. The summed E-state index contributed by atoms with van der Waals surface area (Å²) in [4.78, 5) is 52.9. The number of aliphatic carboxylic acids is 2. The second-order valence-corrected chi connectivity index (χ2v) is 13.5. The zero-order chi connectivity index (χ0) is 36.7. The molecule has 3 aromatic rings. The van der Waals surface area contributed by atoms with E-state index in [2.05, 4.69) is 0 Å². The van der Waals surface area contributed by atoms with Crippen LogP contribution in [0.15, 0.2) is 66.7 Å². The van der Waals surface area contributed by atoms with E-state index < -0.39 is 36.0 Å². The van der Waals surface area contributed by atoms with E-state index in [1.807, 2.05) is 12.1 Å². The summed E-state index contributed by atoms with van der Waals surface area (Å²) in [5, 5.41) is 19.7. The zero-order valence-electron chi connectivity index (χ0n) is 29.1. The Labute approximate surface area is 303 Å². The molecule has 0 aromatic heterocycles. The number of methoxy groups -OCH3 is 3. The van der Waals surface area contributed by atoms with Crippen LogP contribution in [0.3, 0.4) is 0 Å². The van der Waals surface area contributed by atoms with Gasteiger partial charge in [0.05, 0.1) is 27.4 Å². The molecule has 3 fully saturated rings. The van der Waals surface area contributed by atoms with Gasteiger partial charge in [0, 0.05) is 28.3 Å². The highest BCUT2D eigenvalue weighted by Gasteiger charge is 2.45. The first kappa shape index (κ1) is 37.5. The quantitative estimate of drug-likeness (QED) is 0.236. The van der Waals surface area contributed by atoms with Crippen molar-refractivity contribution in [3.8, 4) is 17.2 Å². The number of carbonyl (C=O) groups is 4. The lowest BCUT2D eigenvalue weighted by molar-refractivity contribution is -0.142. The zero-order valence-corrected chi connectivity index (χ0v) is 29.9. The Kier molecular flexibility index (Phi) is 12.5. The van der Waals surface area contributed by atoms with Crippen LogP contribution < -0.4 is 14.2 Å². The first-order chi connectivity index (χ1) is 24.6. The Balaban J connectivity index is 0.000000199. The summed E-state index contributed by atoms with van der Waals surface area (Å²) in [5.74, 6) is -0.566. The lowest BCUT2D eigenvalue weighted by Crippen LogP contribution is -2.47. The molecule has 4 atom stereocenters. The summed E-state index contributed by atoms with van der Waals surface area (Å²) in [6.07, 6.45) is 8.02. The van der Waals surface area contributed by atoms with Gasteiger partial charge in [-0.05, 0) is 86.4 Å². The maximum atomic E-state index is 13.3. The molecular weight excluding hydrogens is 676 g/mol. The summed E-state index contributed by atoms with van der Waals surface area (Å²) in [5.41, 5.74) is 1.55. The third-order valence-electron chi connectivity index (χ3n) is 10.2. The van der Waals surface area contributed by atoms with Crippen LogP contribution in [-0.2, 0) is 9.59 Å². The second kappa shape index (κ2) is 17.0. The Morgan fingerprint density at radius 1 is 0.627 bits per heavy atom. The van der Waals surface area contributed by atoms with Crippen LogP contribution in [0.5, 0.6) is 17.2 Å². The first-order valence-electron chi connectivity index (χ1n) is 17.3. The molecule has 1 saturated carbocycles. The number of amides is 2. The molecule has 1 unspecified atom stereocenters. The highest BCUT2D eigenvalue weighted by Crippen LogP contribution is 2.41. The van der Waals surface area contributed by atoms with E-state index in [0.717, 1.165) is 24.8 Å². The van der Waals surface area contributed by atoms with Crippen molar-refractivity contribution in [2.75, 3.05) is 21.3 Å². The van der Waals surface area contributed by atoms with Crippen LogP contribution in [0.25, 0.3) is 0 Å². The van der Waals surface area contributed by atoms with Crippen molar-refractivity contribution < 1.29 is 43.6 Å². The second-order valence-electron chi connectivity index (χ2n) is 13.1. The first-order valence-corrected chi connectivity index (χ1v) is 17.7. The van der Waals surface area contributed by atoms with Crippen molar-refractivity contribution in [1.29, 1.82) is 0 Å². The number of carboxylic acid groups (broad SMARTS) is 2. The Hall–Kier alpha value is -4.77. The monoisotopic (exact) mass is 720 g/mol. The van der Waals surface area contributed by atoms with Crippen molar-refractivity contribution >= 4 is 35.4 Å². The van der Waals surface area contributed by atoms with Crippen LogP contribution >= 0.6 is 11.6 Å². The summed E-state index contributed by atoms with van der Waals surface area (Å²) < 4.78 is 15.7. The highest BCUT2D eigenvalue weighted by atomic mass is 35.5. The van der Waals surface area contributed by atoms with Gasteiger partial charge in [0.25, 0.3) is 11.8 Å². The van der Waals surface area contributed by atoms with Crippen LogP contribution in [-0.4, -0.2) is 83.2 Å². The van der Waals surface area contributed by atoms with E-state index in [0.29, 0.717) is 58.6 Å². The molecule has 12 heteroatoms. The Morgan fingerprint density at radius 3 is 1.80 bits per heavy atom. The molecule has 0 spiro atoms. The van der Waals surface area contributed by atoms with E-state index in [9.17, 15) is 29.4 Å². The number of ether oxygens (including phenoxy) is 3. The highest BCUT2D eigenvalue weighted by molar-refractivity contribution is 6.31. The van der Waals surface area contributed by atoms with Crippen LogP contribution in [0, 0.1) is 5.92 Å². The molecule has 3 aliphatic rings. The van der Waals surface area contributed by atoms with Gasteiger partial charge in [-0.1, -0.05) is 55.1 Å². The lowest BCUT2D eigenvalue weighted by atomic mass is 9.83. The van der Waals surface area contributed by atoms with Crippen molar-refractivity contribution in [1.82, 2.24) is 9.80 Å². The minimum absolute atomic E-state index is 0.0464. The molecule has 11 nitrogen and oxygen atoms in total. The number of likely N-dealkylation sites (tertiary alicyclic amines) is 2. The number of hydrogen-bond acceptors (Lipinski definition) is 7. The molecule has 2 aliphatic heterocycles. The fraction of sp³-hybridized carbons (Fsp3) is 0.436. The molecule has 2 heterocycles. The van der Waals surface area contributed by atoms with Crippen LogP contribution in [0.2, 0.25) is 5.02 Å². The molecule has 6 rings (SSSR count). The number of halogens is 1. The average molecular weight is 721 g/mol.